The highest BCUT2D eigenvalue weighted by molar-refractivity contribution is 5.29. The molecule has 0 aromatic heterocycles. The van der Waals surface area contributed by atoms with Crippen molar-refractivity contribution in [3.63, 3.8) is 0 Å². The van der Waals surface area contributed by atoms with Gasteiger partial charge < -0.3 is 10.5 Å². The van der Waals surface area contributed by atoms with Gasteiger partial charge in [-0.05, 0) is 51.4 Å². The van der Waals surface area contributed by atoms with Gasteiger partial charge >= 0.3 is 0 Å². The number of rotatable bonds is 8. The minimum atomic E-state index is 0.0528. The molecule has 3 nitrogen and oxygen atoms in total. The molecule has 0 spiro atoms. The topological polar surface area (TPSA) is 38.5 Å². The van der Waals surface area contributed by atoms with Crippen LogP contribution in [0.3, 0.4) is 0 Å². The third kappa shape index (κ3) is 5.14. The quantitative estimate of drug-likeness (QED) is 0.789. The second-order valence-corrected chi connectivity index (χ2v) is 5.69. The van der Waals surface area contributed by atoms with Gasteiger partial charge in [-0.2, -0.15) is 0 Å². The predicted molar refractivity (Wildman–Crippen MR) is 86.1 cm³/mol. The Hall–Kier alpha value is -1.06. The third-order valence-corrected chi connectivity index (χ3v) is 3.73. The van der Waals surface area contributed by atoms with Crippen molar-refractivity contribution in [1.82, 2.24) is 4.90 Å². The van der Waals surface area contributed by atoms with Gasteiger partial charge in [0.2, 0.25) is 0 Å². The summed E-state index contributed by atoms with van der Waals surface area (Å²) in [4.78, 5) is 2.43. The molecule has 3 heteroatoms. The first-order valence-electron chi connectivity index (χ1n) is 7.74. The molecule has 0 aliphatic rings. The molecule has 114 valence electrons. The van der Waals surface area contributed by atoms with Crippen molar-refractivity contribution in [2.75, 3.05) is 13.1 Å². The highest BCUT2D eigenvalue weighted by Crippen LogP contribution is 2.19. The van der Waals surface area contributed by atoms with E-state index in [1.807, 2.05) is 26.0 Å². The van der Waals surface area contributed by atoms with Crippen LogP contribution in [0.25, 0.3) is 0 Å². The van der Waals surface area contributed by atoms with E-state index >= 15 is 0 Å². The summed E-state index contributed by atoms with van der Waals surface area (Å²) < 4.78 is 5.66. The van der Waals surface area contributed by atoms with Crippen molar-refractivity contribution < 1.29 is 4.74 Å². The van der Waals surface area contributed by atoms with Crippen LogP contribution in [-0.4, -0.2) is 30.1 Å². The van der Waals surface area contributed by atoms with Crippen molar-refractivity contribution in [1.29, 1.82) is 0 Å². The number of nitrogens with zero attached hydrogens (tertiary/aromatic N) is 1. The average molecular weight is 278 g/mol. The Morgan fingerprint density at radius 1 is 1.10 bits per heavy atom. The number of benzene rings is 1. The fraction of sp³-hybridized carbons (Fsp3) is 0.647. The summed E-state index contributed by atoms with van der Waals surface area (Å²) in [6.45, 7) is 12.7. The molecule has 1 aromatic rings. The monoisotopic (exact) mass is 278 g/mol. The maximum Gasteiger partial charge on any atom is 0.119 e. The first-order valence-corrected chi connectivity index (χ1v) is 7.74. The van der Waals surface area contributed by atoms with Crippen LogP contribution in [0.5, 0.6) is 5.75 Å². The third-order valence-electron chi connectivity index (χ3n) is 3.73. The van der Waals surface area contributed by atoms with Gasteiger partial charge in [0.25, 0.3) is 0 Å². The Morgan fingerprint density at radius 2 is 1.70 bits per heavy atom. The van der Waals surface area contributed by atoms with Crippen LogP contribution in [0, 0.1) is 0 Å². The lowest BCUT2D eigenvalue weighted by Crippen LogP contribution is -2.38. The lowest BCUT2D eigenvalue weighted by Gasteiger charge is -2.29. The molecule has 1 aromatic carbocycles. The molecule has 0 heterocycles. The highest BCUT2D eigenvalue weighted by Gasteiger charge is 2.15. The molecule has 0 amide bonds. The van der Waals surface area contributed by atoms with Gasteiger partial charge in [-0.15, -0.1) is 0 Å². The van der Waals surface area contributed by atoms with E-state index in [1.54, 1.807) is 0 Å². The Labute approximate surface area is 124 Å². The summed E-state index contributed by atoms with van der Waals surface area (Å²) in [6.07, 6.45) is 1.36. The van der Waals surface area contributed by atoms with Gasteiger partial charge in [-0.1, -0.05) is 26.0 Å². The summed E-state index contributed by atoms with van der Waals surface area (Å²) in [6, 6.07) is 8.80. The molecule has 0 aliphatic heterocycles. The molecule has 0 bridgehead atoms. The molecule has 0 radical (unpaired) electrons. The molecule has 2 unspecified atom stereocenters. The van der Waals surface area contributed by atoms with Crippen LogP contribution >= 0.6 is 0 Å². The first-order chi connectivity index (χ1) is 9.47. The minimum absolute atomic E-state index is 0.0528. The van der Waals surface area contributed by atoms with Gasteiger partial charge in [-0.25, -0.2) is 0 Å². The molecule has 2 atom stereocenters. The zero-order valence-corrected chi connectivity index (χ0v) is 13.6. The summed E-state index contributed by atoms with van der Waals surface area (Å²) in [5.41, 5.74) is 7.50. The van der Waals surface area contributed by atoms with Crippen molar-refractivity contribution in [2.45, 2.75) is 59.2 Å². The van der Waals surface area contributed by atoms with Gasteiger partial charge in [0.1, 0.15) is 5.75 Å². The largest absolute Gasteiger partial charge is 0.491 e. The molecule has 0 aliphatic carbocycles. The fourth-order valence-electron chi connectivity index (χ4n) is 2.30. The number of likely N-dealkylation sites (N-methyl/N-ethyl adjacent to an activating group) is 1. The summed E-state index contributed by atoms with van der Waals surface area (Å²) in [7, 11) is 0. The summed E-state index contributed by atoms with van der Waals surface area (Å²) in [5, 5.41) is 0. The van der Waals surface area contributed by atoms with E-state index in [2.05, 4.69) is 37.8 Å². The van der Waals surface area contributed by atoms with E-state index < -0.39 is 0 Å². The number of hydrogen-bond donors (Lipinski definition) is 1. The van der Waals surface area contributed by atoms with Gasteiger partial charge in [-0.3, -0.25) is 4.90 Å². The van der Waals surface area contributed by atoms with Crippen molar-refractivity contribution in [3.05, 3.63) is 29.8 Å². The molecule has 0 fully saturated rings. The lowest BCUT2D eigenvalue weighted by atomic mass is 10.1. The summed E-state index contributed by atoms with van der Waals surface area (Å²) in [5.74, 6) is 0.908. The van der Waals surface area contributed by atoms with Crippen molar-refractivity contribution in [2.24, 2.45) is 5.73 Å². The summed E-state index contributed by atoms with van der Waals surface area (Å²) >= 11 is 0. The predicted octanol–water partition coefficient (Wildman–Crippen LogP) is 3.59. The maximum atomic E-state index is 6.33. The van der Waals surface area contributed by atoms with E-state index in [1.165, 1.54) is 5.56 Å². The maximum absolute atomic E-state index is 6.33. The second kappa shape index (κ2) is 8.28. The molecular formula is C17H30N2O. The number of ether oxygens (including phenoxy) is 1. The molecule has 1 rings (SSSR count). The molecule has 2 N–H and O–H groups in total. The minimum Gasteiger partial charge on any atom is -0.491 e. The molecular weight excluding hydrogens is 248 g/mol. The van der Waals surface area contributed by atoms with E-state index in [0.29, 0.717) is 6.04 Å². The second-order valence-electron chi connectivity index (χ2n) is 5.69. The Kier molecular flexibility index (Phi) is 7.03. The van der Waals surface area contributed by atoms with Crippen LogP contribution in [0.4, 0.5) is 0 Å². The van der Waals surface area contributed by atoms with Crippen LogP contribution in [0.1, 0.15) is 52.6 Å². The van der Waals surface area contributed by atoms with Gasteiger partial charge in [0, 0.05) is 18.6 Å². The average Bonchev–Trinajstić information content (AvgIpc) is 2.43. The van der Waals surface area contributed by atoms with E-state index in [0.717, 1.165) is 25.3 Å². The Bertz CT molecular complexity index is 375. The van der Waals surface area contributed by atoms with Crippen molar-refractivity contribution in [3.8, 4) is 5.75 Å². The van der Waals surface area contributed by atoms with Crippen LogP contribution in [0.2, 0.25) is 0 Å². The Balaban J connectivity index is 2.64. The van der Waals surface area contributed by atoms with E-state index in [-0.39, 0.29) is 12.1 Å². The van der Waals surface area contributed by atoms with Crippen LogP contribution < -0.4 is 10.5 Å². The smallest absolute Gasteiger partial charge is 0.119 e. The van der Waals surface area contributed by atoms with E-state index in [9.17, 15) is 0 Å². The Morgan fingerprint density at radius 3 is 2.15 bits per heavy atom. The van der Waals surface area contributed by atoms with E-state index in [4.69, 9.17) is 10.5 Å². The standard InChI is InChI=1S/C17H30N2O/c1-6-14(5)19(7-2)12-17(18)15-8-10-16(11-9-15)20-13(3)4/h8-11,13-14,17H,6-7,12,18H2,1-5H3. The molecule has 0 saturated carbocycles. The first kappa shape index (κ1) is 17.0. The fourth-order valence-corrected chi connectivity index (χ4v) is 2.30. The van der Waals surface area contributed by atoms with Crippen molar-refractivity contribution >= 4 is 0 Å². The SMILES string of the molecule is CCC(C)N(CC)CC(N)c1ccc(OC(C)C)cc1. The van der Waals surface area contributed by atoms with Crippen LogP contribution in [-0.2, 0) is 0 Å². The van der Waals surface area contributed by atoms with Gasteiger partial charge in [0.15, 0.2) is 0 Å². The molecule has 0 saturated heterocycles. The number of hydrogen-bond acceptors (Lipinski definition) is 3. The normalized spacial score (nSPS) is 14.6. The lowest BCUT2D eigenvalue weighted by molar-refractivity contribution is 0.202. The van der Waals surface area contributed by atoms with Gasteiger partial charge in [0.05, 0.1) is 6.10 Å². The number of nitrogens with two attached hydrogens (primary N) is 1. The zero-order valence-electron chi connectivity index (χ0n) is 13.6. The van der Waals surface area contributed by atoms with Crippen LogP contribution in [0.15, 0.2) is 24.3 Å². The zero-order chi connectivity index (χ0) is 15.1. The molecule has 20 heavy (non-hydrogen) atoms. The highest BCUT2D eigenvalue weighted by atomic mass is 16.5.